The summed E-state index contributed by atoms with van der Waals surface area (Å²) in [5, 5.41) is 12.2. The molecule has 36 heavy (non-hydrogen) atoms. The highest BCUT2D eigenvalue weighted by atomic mass is 32.2. The van der Waals surface area contributed by atoms with E-state index in [0.717, 1.165) is 12.0 Å². The number of hydrogen-bond donors (Lipinski definition) is 1. The first kappa shape index (κ1) is 27.3. The van der Waals surface area contributed by atoms with Crippen molar-refractivity contribution >= 4 is 21.7 Å². The van der Waals surface area contributed by atoms with Gasteiger partial charge in [-0.15, -0.1) is 10.2 Å². The van der Waals surface area contributed by atoms with Crippen LogP contribution in [0, 0.1) is 5.41 Å². The number of anilines is 2. The standard InChI is InChI=1S/C22H31N9O3S.CH4/c1-4-31-27-21(26-28-31)17-5-6-20(25-16-17)34-14-9-22(2,3)8-11-29-12-13-30(35(29,32)33)18-7-10-24-19(23)15-18;/h5-7,10,15-16H,4,8-9,11-14H2,1-3H3,(H2,23,24);1H4. The van der Waals surface area contributed by atoms with Gasteiger partial charge in [-0.25, -0.2) is 9.97 Å². The third-order valence-electron chi connectivity index (χ3n) is 6.01. The molecule has 2 N–H and O–H groups in total. The molecule has 1 aliphatic heterocycles. The number of nitrogens with two attached hydrogens (primary N) is 1. The molecule has 0 spiro atoms. The molecule has 1 aliphatic rings. The summed E-state index contributed by atoms with van der Waals surface area (Å²) >= 11 is 0. The van der Waals surface area contributed by atoms with Crippen molar-refractivity contribution in [2.45, 2.75) is 47.6 Å². The molecule has 3 aromatic heterocycles. The maximum Gasteiger partial charge on any atom is 0.304 e. The molecule has 0 saturated carbocycles. The van der Waals surface area contributed by atoms with Crippen LogP contribution in [0.2, 0.25) is 0 Å². The van der Waals surface area contributed by atoms with E-state index in [1.807, 2.05) is 13.0 Å². The summed E-state index contributed by atoms with van der Waals surface area (Å²) in [4.78, 5) is 9.79. The van der Waals surface area contributed by atoms with Crippen molar-refractivity contribution in [1.82, 2.24) is 34.5 Å². The van der Waals surface area contributed by atoms with Crippen LogP contribution in [0.25, 0.3) is 11.4 Å². The third kappa shape index (κ3) is 6.26. The Balaban J connectivity index is 0.00000361. The van der Waals surface area contributed by atoms with Crippen molar-refractivity contribution in [3.05, 3.63) is 36.7 Å². The minimum atomic E-state index is -3.59. The molecule has 4 heterocycles. The van der Waals surface area contributed by atoms with Crippen LogP contribution in [0.4, 0.5) is 11.5 Å². The molecular formula is C23H35N9O3S. The summed E-state index contributed by atoms with van der Waals surface area (Å²) in [6.07, 6.45) is 4.63. The minimum absolute atomic E-state index is 0. The van der Waals surface area contributed by atoms with E-state index < -0.39 is 10.2 Å². The van der Waals surface area contributed by atoms with Gasteiger partial charge in [0.1, 0.15) is 5.82 Å². The van der Waals surface area contributed by atoms with Gasteiger partial charge in [0.05, 0.1) is 18.8 Å². The highest BCUT2D eigenvalue weighted by molar-refractivity contribution is 7.90. The highest BCUT2D eigenvalue weighted by Gasteiger charge is 2.37. The van der Waals surface area contributed by atoms with E-state index in [1.165, 1.54) is 19.6 Å². The van der Waals surface area contributed by atoms with Crippen LogP contribution in [-0.2, 0) is 16.8 Å². The van der Waals surface area contributed by atoms with Crippen molar-refractivity contribution in [3.63, 3.8) is 0 Å². The molecule has 0 aliphatic carbocycles. The maximum atomic E-state index is 13.0. The monoisotopic (exact) mass is 517 g/mol. The fourth-order valence-electron chi connectivity index (χ4n) is 3.73. The lowest BCUT2D eigenvalue weighted by molar-refractivity contribution is 0.203. The SMILES string of the molecule is C.CCn1nnc(-c2ccc(OCCC(C)(C)CCN3CCN(c4ccnc(N)c4)S3(=O)=O)nc2)n1. The highest BCUT2D eigenvalue weighted by Crippen LogP contribution is 2.30. The van der Waals surface area contributed by atoms with Gasteiger partial charge in [0.2, 0.25) is 11.7 Å². The summed E-state index contributed by atoms with van der Waals surface area (Å²) in [5.41, 5.74) is 6.91. The second-order valence-corrected chi connectivity index (χ2v) is 11.0. The Labute approximate surface area is 212 Å². The largest absolute Gasteiger partial charge is 0.478 e. The Kier molecular flexibility index (Phi) is 8.46. The second kappa shape index (κ2) is 11.2. The normalized spacial score (nSPS) is 15.6. The van der Waals surface area contributed by atoms with Crippen LogP contribution in [0.1, 0.15) is 41.0 Å². The summed E-state index contributed by atoms with van der Waals surface area (Å²) < 4.78 is 34.8. The molecule has 0 radical (unpaired) electrons. The Morgan fingerprint density at radius 3 is 2.61 bits per heavy atom. The van der Waals surface area contributed by atoms with Gasteiger partial charge in [-0.3, -0.25) is 4.31 Å². The van der Waals surface area contributed by atoms with Crippen molar-refractivity contribution in [1.29, 1.82) is 0 Å². The molecule has 1 saturated heterocycles. The molecule has 4 rings (SSSR count). The zero-order valence-electron chi connectivity index (χ0n) is 20.2. The molecule has 0 unspecified atom stereocenters. The Morgan fingerprint density at radius 2 is 1.94 bits per heavy atom. The molecule has 0 bridgehead atoms. The lowest BCUT2D eigenvalue weighted by Crippen LogP contribution is -2.35. The number of tetrazole rings is 1. The van der Waals surface area contributed by atoms with E-state index in [2.05, 4.69) is 39.2 Å². The number of ether oxygens (including phenoxy) is 1. The van der Waals surface area contributed by atoms with Crippen LogP contribution >= 0.6 is 0 Å². The number of nitrogen functional groups attached to an aromatic ring is 1. The van der Waals surface area contributed by atoms with E-state index in [9.17, 15) is 8.42 Å². The zero-order valence-corrected chi connectivity index (χ0v) is 21.0. The molecule has 1 fully saturated rings. The minimum Gasteiger partial charge on any atom is -0.478 e. The predicted octanol–water partition coefficient (Wildman–Crippen LogP) is 2.62. The quantitative estimate of drug-likeness (QED) is 0.429. The molecule has 0 amide bonds. The fraction of sp³-hybridized carbons (Fsp3) is 0.522. The zero-order chi connectivity index (χ0) is 25.1. The molecular weight excluding hydrogens is 482 g/mol. The Hall–Kier alpha value is -3.32. The first-order valence-corrected chi connectivity index (χ1v) is 12.9. The van der Waals surface area contributed by atoms with Gasteiger partial charge in [0.15, 0.2) is 0 Å². The third-order valence-corrected chi connectivity index (χ3v) is 7.98. The number of hydrogen-bond acceptors (Lipinski definition) is 9. The van der Waals surface area contributed by atoms with Gasteiger partial charge >= 0.3 is 10.2 Å². The summed E-state index contributed by atoms with van der Waals surface area (Å²) in [5.74, 6) is 1.33. The van der Waals surface area contributed by atoms with E-state index in [-0.39, 0.29) is 12.8 Å². The van der Waals surface area contributed by atoms with E-state index in [1.54, 1.807) is 24.4 Å². The van der Waals surface area contributed by atoms with Crippen molar-refractivity contribution in [3.8, 4) is 17.3 Å². The van der Waals surface area contributed by atoms with Gasteiger partial charge < -0.3 is 10.5 Å². The number of nitrogens with zero attached hydrogens (tertiary/aromatic N) is 8. The average Bonchev–Trinajstić information content (AvgIpc) is 3.42. The summed E-state index contributed by atoms with van der Waals surface area (Å²) in [6.45, 7) is 8.55. The van der Waals surface area contributed by atoms with E-state index >= 15 is 0 Å². The van der Waals surface area contributed by atoms with Crippen LogP contribution in [0.5, 0.6) is 5.88 Å². The average molecular weight is 518 g/mol. The van der Waals surface area contributed by atoms with Gasteiger partial charge in [0.25, 0.3) is 0 Å². The number of rotatable bonds is 10. The molecule has 0 aromatic carbocycles. The topological polar surface area (TPSA) is 145 Å². The molecule has 196 valence electrons. The van der Waals surface area contributed by atoms with Crippen molar-refractivity contribution in [2.24, 2.45) is 5.41 Å². The van der Waals surface area contributed by atoms with Gasteiger partial charge in [-0.05, 0) is 42.5 Å². The fourth-order valence-corrected chi connectivity index (χ4v) is 5.33. The lowest BCUT2D eigenvalue weighted by atomic mass is 9.86. The summed E-state index contributed by atoms with van der Waals surface area (Å²) in [6, 6.07) is 6.87. The Morgan fingerprint density at radius 1 is 1.14 bits per heavy atom. The lowest BCUT2D eigenvalue weighted by Gasteiger charge is -2.27. The number of pyridine rings is 2. The maximum absolute atomic E-state index is 13.0. The first-order chi connectivity index (χ1) is 16.7. The van der Waals surface area contributed by atoms with Crippen LogP contribution in [-0.4, -0.2) is 69.1 Å². The number of aryl methyl sites for hydroxylation is 1. The van der Waals surface area contributed by atoms with Crippen LogP contribution in [0.3, 0.4) is 0 Å². The van der Waals surface area contributed by atoms with Gasteiger partial charge in [-0.2, -0.15) is 17.5 Å². The summed E-state index contributed by atoms with van der Waals surface area (Å²) in [7, 11) is -3.59. The van der Waals surface area contributed by atoms with Crippen LogP contribution < -0.4 is 14.8 Å². The van der Waals surface area contributed by atoms with E-state index in [4.69, 9.17) is 10.5 Å². The molecule has 3 aromatic rings. The molecule has 12 nitrogen and oxygen atoms in total. The predicted molar refractivity (Wildman–Crippen MR) is 138 cm³/mol. The van der Waals surface area contributed by atoms with Gasteiger partial charge in [-0.1, -0.05) is 21.3 Å². The van der Waals surface area contributed by atoms with Crippen molar-refractivity contribution in [2.75, 3.05) is 36.3 Å². The number of aromatic nitrogens is 6. The van der Waals surface area contributed by atoms with Gasteiger partial charge in [0, 0.05) is 49.7 Å². The smallest absolute Gasteiger partial charge is 0.304 e. The molecule has 0 atom stereocenters. The van der Waals surface area contributed by atoms with Crippen LogP contribution in [0.15, 0.2) is 36.7 Å². The molecule has 13 heteroatoms. The van der Waals surface area contributed by atoms with E-state index in [0.29, 0.717) is 62.4 Å². The Bertz CT molecular complexity index is 1250. The van der Waals surface area contributed by atoms with Crippen molar-refractivity contribution < 1.29 is 13.2 Å². The first-order valence-electron chi connectivity index (χ1n) is 11.5. The second-order valence-electron chi connectivity index (χ2n) is 9.12.